The van der Waals surface area contributed by atoms with E-state index in [4.69, 9.17) is 4.74 Å². The van der Waals surface area contributed by atoms with E-state index in [0.29, 0.717) is 17.8 Å². The van der Waals surface area contributed by atoms with E-state index in [1.165, 1.54) is 37.7 Å². The summed E-state index contributed by atoms with van der Waals surface area (Å²) in [6.07, 6.45) is 8.22. The molecule has 4 aliphatic carbocycles. The molecule has 2 heteroatoms. The molecule has 0 amide bonds. The van der Waals surface area contributed by atoms with Gasteiger partial charge in [-0.15, -0.1) is 0 Å². The Balaban J connectivity index is 1.48. The summed E-state index contributed by atoms with van der Waals surface area (Å²) in [7, 11) is 0. The summed E-state index contributed by atoms with van der Waals surface area (Å²) in [5, 5.41) is 0. The molecular weight excluding hydrogens is 332 g/mol. The van der Waals surface area contributed by atoms with Gasteiger partial charge in [0.2, 0.25) is 0 Å². The van der Waals surface area contributed by atoms with Crippen molar-refractivity contribution in [3.8, 4) is 0 Å². The molecule has 0 radical (unpaired) electrons. The first-order valence-corrected chi connectivity index (χ1v) is 11.1. The van der Waals surface area contributed by atoms with Crippen LogP contribution in [-0.2, 0) is 9.53 Å². The first kappa shape index (κ1) is 19.0. The molecule has 1 aromatic rings. The molecule has 2 unspecified atom stereocenters. The molecular formula is C25H36O2. The molecule has 4 aliphatic rings. The van der Waals surface area contributed by atoms with E-state index in [0.717, 1.165) is 24.7 Å². The molecule has 0 spiro atoms. The Bertz CT molecular complexity index is 651. The average molecular weight is 369 g/mol. The third kappa shape index (κ3) is 3.34. The van der Waals surface area contributed by atoms with Crippen molar-refractivity contribution < 1.29 is 9.53 Å². The highest BCUT2D eigenvalue weighted by molar-refractivity contribution is 5.77. The molecule has 0 aliphatic heterocycles. The summed E-state index contributed by atoms with van der Waals surface area (Å²) in [5.41, 5.74) is 0.676. The molecule has 4 fully saturated rings. The van der Waals surface area contributed by atoms with Crippen LogP contribution in [0.2, 0.25) is 0 Å². The number of hydrogen-bond donors (Lipinski definition) is 0. The minimum Gasteiger partial charge on any atom is -0.458 e. The van der Waals surface area contributed by atoms with Crippen LogP contribution >= 0.6 is 0 Å². The van der Waals surface area contributed by atoms with Crippen LogP contribution in [0.1, 0.15) is 84.1 Å². The van der Waals surface area contributed by atoms with Crippen molar-refractivity contribution in [2.75, 3.05) is 0 Å². The summed E-state index contributed by atoms with van der Waals surface area (Å²) < 4.78 is 6.47. The summed E-state index contributed by atoms with van der Waals surface area (Å²) in [5.74, 6) is 3.37. The van der Waals surface area contributed by atoms with Gasteiger partial charge < -0.3 is 4.74 Å². The Hall–Kier alpha value is -1.31. The zero-order valence-electron chi connectivity index (χ0n) is 17.5. The number of hydrogen-bond acceptors (Lipinski definition) is 2. The molecule has 4 bridgehead atoms. The van der Waals surface area contributed by atoms with Crippen molar-refractivity contribution in [1.29, 1.82) is 0 Å². The number of carbonyl (C=O) groups excluding carboxylic acids is 1. The highest BCUT2D eigenvalue weighted by Gasteiger charge is 2.57. The van der Waals surface area contributed by atoms with Crippen LogP contribution in [0.4, 0.5) is 0 Å². The van der Waals surface area contributed by atoms with Crippen LogP contribution in [-0.4, -0.2) is 11.6 Å². The second kappa shape index (κ2) is 6.94. The number of carbonyl (C=O) groups is 1. The predicted molar refractivity (Wildman–Crippen MR) is 109 cm³/mol. The van der Waals surface area contributed by atoms with E-state index in [2.05, 4.69) is 58.0 Å². The van der Waals surface area contributed by atoms with Gasteiger partial charge in [-0.3, -0.25) is 4.79 Å². The smallest absolute Gasteiger partial charge is 0.312 e. The second-order valence-electron chi connectivity index (χ2n) is 10.3. The summed E-state index contributed by atoms with van der Waals surface area (Å²) in [6.45, 7) is 8.75. The number of rotatable bonds is 6. The number of benzene rings is 1. The molecule has 27 heavy (non-hydrogen) atoms. The topological polar surface area (TPSA) is 26.3 Å². The molecule has 4 saturated carbocycles. The van der Waals surface area contributed by atoms with Gasteiger partial charge in [-0.25, -0.2) is 0 Å². The molecule has 5 rings (SSSR count). The van der Waals surface area contributed by atoms with Gasteiger partial charge in [-0.2, -0.15) is 0 Å². The highest BCUT2D eigenvalue weighted by Crippen LogP contribution is 2.59. The lowest BCUT2D eigenvalue weighted by Crippen LogP contribution is -2.58. The van der Waals surface area contributed by atoms with Crippen molar-refractivity contribution in [3.05, 3.63) is 35.9 Å². The van der Waals surface area contributed by atoms with Gasteiger partial charge in [-0.05, 0) is 93.9 Å². The summed E-state index contributed by atoms with van der Waals surface area (Å²) in [4.78, 5) is 13.4. The van der Waals surface area contributed by atoms with Crippen molar-refractivity contribution in [2.45, 2.75) is 84.2 Å². The third-order valence-electron chi connectivity index (χ3n) is 8.47. The van der Waals surface area contributed by atoms with Crippen molar-refractivity contribution in [3.63, 3.8) is 0 Å². The lowest BCUT2D eigenvalue weighted by Gasteiger charge is -2.59. The van der Waals surface area contributed by atoms with Crippen LogP contribution in [0, 0.1) is 29.1 Å². The van der Waals surface area contributed by atoms with E-state index < -0.39 is 5.41 Å². The Kier molecular flexibility index (Phi) is 4.89. The standard InChI is InChI=1S/C25H36O2/c1-5-24(3,16-17(2)20-9-7-6-8-10-20)23(26)27-25(4)21-12-18-11-19(14-21)15-22(25)13-18/h6-10,17-19,21-22H,5,11-16H2,1-4H3. The van der Waals surface area contributed by atoms with Crippen LogP contribution in [0.15, 0.2) is 30.3 Å². The minimum atomic E-state index is -0.410. The fraction of sp³-hybridized carbons (Fsp3) is 0.720. The van der Waals surface area contributed by atoms with Crippen LogP contribution in [0.5, 0.6) is 0 Å². The van der Waals surface area contributed by atoms with Gasteiger partial charge in [0.05, 0.1) is 5.41 Å². The van der Waals surface area contributed by atoms with Gasteiger partial charge in [0.1, 0.15) is 5.60 Å². The summed E-state index contributed by atoms with van der Waals surface area (Å²) in [6, 6.07) is 10.6. The number of esters is 1. The molecule has 148 valence electrons. The van der Waals surface area contributed by atoms with E-state index in [1.807, 2.05) is 0 Å². The fourth-order valence-electron chi connectivity index (χ4n) is 6.56. The fourth-order valence-corrected chi connectivity index (χ4v) is 6.56. The lowest BCUT2D eigenvalue weighted by molar-refractivity contribution is -0.212. The van der Waals surface area contributed by atoms with Crippen molar-refractivity contribution >= 4 is 5.97 Å². The van der Waals surface area contributed by atoms with E-state index in [1.54, 1.807) is 0 Å². The number of ether oxygens (including phenoxy) is 1. The van der Waals surface area contributed by atoms with E-state index in [-0.39, 0.29) is 11.6 Å². The van der Waals surface area contributed by atoms with Crippen LogP contribution in [0.3, 0.4) is 0 Å². The third-order valence-corrected chi connectivity index (χ3v) is 8.47. The van der Waals surface area contributed by atoms with Gasteiger partial charge in [0.25, 0.3) is 0 Å². The molecule has 0 N–H and O–H groups in total. The monoisotopic (exact) mass is 368 g/mol. The van der Waals surface area contributed by atoms with Gasteiger partial charge >= 0.3 is 5.97 Å². The van der Waals surface area contributed by atoms with Crippen LogP contribution in [0.25, 0.3) is 0 Å². The molecule has 1 aromatic carbocycles. The second-order valence-corrected chi connectivity index (χ2v) is 10.3. The first-order chi connectivity index (χ1) is 12.8. The largest absolute Gasteiger partial charge is 0.458 e. The first-order valence-electron chi connectivity index (χ1n) is 11.1. The molecule has 2 atom stereocenters. The molecule has 2 nitrogen and oxygen atoms in total. The Morgan fingerprint density at radius 1 is 1.11 bits per heavy atom. The normalized spacial score (nSPS) is 37.6. The van der Waals surface area contributed by atoms with Crippen molar-refractivity contribution in [1.82, 2.24) is 0 Å². The zero-order chi connectivity index (χ0) is 19.2. The maximum atomic E-state index is 13.4. The maximum Gasteiger partial charge on any atom is 0.312 e. The average Bonchev–Trinajstić information content (AvgIpc) is 2.66. The Labute approximate surface area is 165 Å². The quantitative estimate of drug-likeness (QED) is 0.547. The van der Waals surface area contributed by atoms with E-state index in [9.17, 15) is 4.79 Å². The predicted octanol–water partition coefficient (Wildman–Crippen LogP) is 6.35. The van der Waals surface area contributed by atoms with Gasteiger partial charge in [-0.1, -0.05) is 44.2 Å². The minimum absolute atomic E-state index is 0.0442. The molecule has 0 saturated heterocycles. The SMILES string of the molecule is CCC(C)(CC(C)c1ccccc1)C(=O)OC1(C)C2CC3CC(C2)CC1C3. The Morgan fingerprint density at radius 3 is 2.19 bits per heavy atom. The zero-order valence-corrected chi connectivity index (χ0v) is 17.5. The lowest BCUT2D eigenvalue weighted by atomic mass is 9.50. The van der Waals surface area contributed by atoms with Crippen LogP contribution < -0.4 is 0 Å². The van der Waals surface area contributed by atoms with Gasteiger partial charge in [0, 0.05) is 0 Å². The summed E-state index contributed by atoms with van der Waals surface area (Å²) >= 11 is 0. The van der Waals surface area contributed by atoms with E-state index >= 15 is 0 Å². The molecule has 0 aromatic heterocycles. The molecule has 0 heterocycles. The maximum absolute atomic E-state index is 13.4. The Morgan fingerprint density at radius 2 is 1.67 bits per heavy atom. The van der Waals surface area contributed by atoms with Crippen molar-refractivity contribution in [2.24, 2.45) is 29.1 Å². The van der Waals surface area contributed by atoms with Gasteiger partial charge in [0.15, 0.2) is 0 Å². The highest BCUT2D eigenvalue weighted by atomic mass is 16.6.